The Morgan fingerprint density at radius 1 is 0.853 bits per heavy atom. The third kappa shape index (κ3) is 4.51. The van der Waals surface area contributed by atoms with Gasteiger partial charge in [-0.2, -0.15) is 0 Å². The van der Waals surface area contributed by atoms with Gasteiger partial charge in [-0.25, -0.2) is 4.98 Å². The molecule has 0 saturated carbocycles. The third-order valence-electron chi connectivity index (χ3n) is 5.32. The minimum Gasteiger partial charge on any atom is -0.467 e. The van der Waals surface area contributed by atoms with Gasteiger partial charge in [0.25, 0.3) is 5.56 Å². The van der Waals surface area contributed by atoms with E-state index in [1.54, 1.807) is 33.9 Å². The van der Waals surface area contributed by atoms with Crippen LogP contribution in [0.25, 0.3) is 10.9 Å². The number of furan rings is 1. The number of aromatic nitrogens is 2. The van der Waals surface area contributed by atoms with E-state index in [9.17, 15) is 9.59 Å². The number of para-hydroxylation sites is 3. The minimum atomic E-state index is -0.167. The maximum Gasteiger partial charge on any atom is 0.262 e. The van der Waals surface area contributed by atoms with Crippen molar-refractivity contribution in [1.82, 2.24) is 9.55 Å². The van der Waals surface area contributed by atoms with Gasteiger partial charge in [0.15, 0.2) is 5.16 Å². The largest absolute Gasteiger partial charge is 0.467 e. The van der Waals surface area contributed by atoms with Crippen LogP contribution in [-0.4, -0.2) is 21.2 Å². The monoisotopic (exact) mass is 467 g/mol. The highest BCUT2D eigenvalue weighted by Gasteiger charge is 2.20. The number of amides is 1. The molecular weight excluding hydrogens is 446 g/mol. The normalized spacial score (nSPS) is 10.9. The zero-order valence-electron chi connectivity index (χ0n) is 18.2. The van der Waals surface area contributed by atoms with Gasteiger partial charge in [0.05, 0.1) is 29.5 Å². The highest BCUT2D eigenvalue weighted by Crippen LogP contribution is 2.27. The minimum absolute atomic E-state index is 0.104. The molecule has 0 saturated heterocycles. The Morgan fingerprint density at radius 2 is 1.50 bits per heavy atom. The molecule has 2 heterocycles. The maximum atomic E-state index is 13.5. The van der Waals surface area contributed by atoms with E-state index in [0.29, 0.717) is 21.8 Å². The van der Waals surface area contributed by atoms with Crippen LogP contribution in [0.2, 0.25) is 0 Å². The van der Waals surface area contributed by atoms with Crippen LogP contribution in [-0.2, 0) is 11.3 Å². The summed E-state index contributed by atoms with van der Waals surface area (Å²) in [4.78, 5) is 33.1. The first-order valence-electron chi connectivity index (χ1n) is 10.8. The Balaban J connectivity index is 1.49. The number of hydrogen-bond donors (Lipinski definition) is 0. The first kappa shape index (κ1) is 21.7. The van der Waals surface area contributed by atoms with E-state index in [0.717, 1.165) is 11.4 Å². The topological polar surface area (TPSA) is 68.3 Å². The molecule has 6 nitrogen and oxygen atoms in total. The molecule has 5 aromatic rings. The maximum absolute atomic E-state index is 13.5. The fourth-order valence-corrected chi connectivity index (χ4v) is 4.59. The van der Waals surface area contributed by atoms with Gasteiger partial charge in [-0.3, -0.25) is 19.1 Å². The number of rotatable bonds is 7. The van der Waals surface area contributed by atoms with Crippen LogP contribution in [0.15, 0.2) is 118 Å². The molecule has 0 N–H and O–H groups in total. The molecule has 0 spiro atoms. The number of benzene rings is 3. The molecule has 0 atom stereocenters. The number of thioether (sulfide) groups is 1. The summed E-state index contributed by atoms with van der Waals surface area (Å²) in [7, 11) is 0. The summed E-state index contributed by atoms with van der Waals surface area (Å²) in [6.45, 7) is 0.237. The van der Waals surface area contributed by atoms with E-state index in [1.807, 2.05) is 78.9 Å². The van der Waals surface area contributed by atoms with E-state index in [2.05, 4.69) is 0 Å². The fourth-order valence-electron chi connectivity index (χ4n) is 3.74. The second-order valence-corrected chi connectivity index (χ2v) is 8.51. The number of fused-ring (bicyclic) bond motifs is 1. The van der Waals surface area contributed by atoms with Crippen molar-refractivity contribution < 1.29 is 9.21 Å². The van der Waals surface area contributed by atoms with Crippen LogP contribution in [0.4, 0.5) is 11.4 Å². The molecule has 0 bridgehead atoms. The summed E-state index contributed by atoms with van der Waals surface area (Å²) in [6, 6.07) is 29.8. The smallest absolute Gasteiger partial charge is 0.262 e. The van der Waals surface area contributed by atoms with Crippen molar-refractivity contribution in [2.75, 3.05) is 10.7 Å². The van der Waals surface area contributed by atoms with E-state index < -0.39 is 0 Å². The molecule has 5 rings (SSSR count). The van der Waals surface area contributed by atoms with Crippen molar-refractivity contribution in [3.63, 3.8) is 0 Å². The van der Waals surface area contributed by atoms with Gasteiger partial charge in [-0.05, 0) is 48.5 Å². The summed E-state index contributed by atoms with van der Waals surface area (Å²) in [5.41, 5.74) is 1.98. The van der Waals surface area contributed by atoms with Crippen molar-refractivity contribution in [2.24, 2.45) is 0 Å². The predicted molar refractivity (Wildman–Crippen MR) is 135 cm³/mol. The Bertz CT molecular complexity index is 1430. The average Bonchev–Trinajstić information content (AvgIpc) is 3.40. The van der Waals surface area contributed by atoms with Gasteiger partial charge in [0.2, 0.25) is 5.91 Å². The molecule has 0 aliphatic heterocycles. The molecule has 0 fully saturated rings. The molecule has 0 aliphatic rings. The zero-order chi connectivity index (χ0) is 23.3. The number of hydrogen-bond acceptors (Lipinski definition) is 5. The molecule has 3 aromatic carbocycles. The van der Waals surface area contributed by atoms with Crippen LogP contribution in [0.5, 0.6) is 0 Å². The summed E-state index contributed by atoms with van der Waals surface area (Å²) in [6.07, 6.45) is 1.57. The fraction of sp³-hybridized carbons (Fsp3) is 0.0741. The van der Waals surface area contributed by atoms with Crippen LogP contribution in [0, 0.1) is 0 Å². The van der Waals surface area contributed by atoms with Crippen molar-refractivity contribution in [2.45, 2.75) is 11.7 Å². The summed E-state index contributed by atoms with van der Waals surface area (Å²) >= 11 is 1.24. The third-order valence-corrected chi connectivity index (χ3v) is 6.28. The predicted octanol–water partition coefficient (Wildman–Crippen LogP) is 5.49. The first-order valence-corrected chi connectivity index (χ1v) is 11.8. The van der Waals surface area contributed by atoms with Crippen molar-refractivity contribution in [1.29, 1.82) is 0 Å². The van der Waals surface area contributed by atoms with Crippen molar-refractivity contribution in [3.05, 3.63) is 119 Å². The van der Waals surface area contributed by atoms with E-state index in [1.165, 1.54) is 11.8 Å². The number of carbonyl (C=O) groups excluding carboxylic acids is 1. The van der Waals surface area contributed by atoms with Gasteiger partial charge in [0.1, 0.15) is 5.76 Å². The number of anilines is 2. The summed E-state index contributed by atoms with van der Waals surface area (Å²) < 4.78 is 7.03. The van der Waals surface area contributed by atoms with E-state index >= 15 is 0 Å². The highest BCUT2D eigenvalue weighted by atomic mass is 32.2. The SMILES string of the molecule is O=C(CSc1nc2ccccc2c(=O)n1Cc1ccco1)N(c1ccccc1)c1ccccc1. The van der Waals surface area contributed by atoms with E-state index in [-0.39, 0.29) is 23.8 Å². The number of carbonyl (C=O) groups is 1. The molecule has 34 heavy (non-hydrogen) atoms. The molecule has 168 valence electrons. The van der Waals surface area contributed by atoms with Gasteiger partial charge in [0, 0.05) is 11.4 Å². The molecule has 0 aliphatic carbocycles. The second-order valence-electron chi connectivity index (χ2n) is 7.57. The lowest BCUT2D eigenvalue weighted by molar-refractivity contribution is -0.115. The molecule has 0 unspecified atom stereocenters. The molecular formula is C27H21N3O3S. The molecule has 2 aromatic heterocycles. The van der Waals surface area contributed by atoms with Gasteiger partial charge in [-0.1, -0.05) is 60.3 Å². The van der Waals surface area contributed by atoms with E-state index in [4.69, 9.17) is 9.40 Å². The standard InChI is InChI=1S/C27H21N3O3S/c31-25(30(20-10-3-1-4-11-20)21-12-5-2-6-13-21)19-34-27-28-24-16-8-7-15-23(24)26(32)29(27)18-22-14-9-17-33-22/h1-17H,18-19H2. The Morgan fingerprint density at radius 3 is 2.15 bits per heavy atom. The van der Waals surface area contributed by atoms with Crippen molar-refractivity contribution in [3.8, 4) is 0 Å². The number of nitrogens with zero attached hydrogens (tertiary/aromatic N) is 3. The Hall–Kier alpha value is -4.10. The first-order chi connectivity index (χ1) is 16.7. The summed E-state index contributed by atoms with van der Waals surface area (Å²) in [5, 5.41) is 0.995. The van der Waals surface area contributed by atoms with Gasteiger partial charge in [-0.15, -0.1) is 0 Å². The highest BCUT2D eigenvalue weighted by molar-refractivity contribution is 7.99. The van der Waals surface area contributed by atoms with Crippen LogP contribution >= 0.6 is 11.8 Å². The van der Waals surface area contributed by atoms with Crippen LogP contribution < -0.4 is 10.5 Å². The van der Waals surface area contributed by atoms with Gasteiger partial charge < -0.3 is 4.42 Å². The lowest BCUT2D eigenvalue weighted by atomic mass is 10.2. The summed E-state index contributed by atoms with van der Waals surface area (Å²) in [5.74, 6) is 0.629. The lowest BCUT2D eigenvalue weighted by Gasteiger charge is -2.23. The molecule has 0 radical (unpaired) electrons. The quantitative estimate of drug-likeness (QED) is 0.234. The van der Waals surface area contributed by atoms with Crippen LogP contribution in [0.1, 0.15) is 5.76 Å². The van der Waals surface area contributed by atoms with Crippen LogP contribution in [0.3, 0.4) is 0 Å². The molecule has 7 heteroatoms. The Kier molecular flexibility index (Phi) is 6.27. The second kappa shape index (κ2) is 9.80. The van der Waals surface area contributed by atoms with Crippen molar-refractivity contribution >= 4 is 39.9 Å². The Labute approximate surface area is 200 Å². The molecule has 1 amide bonds. The lowest BCUT2D eigenvalue weighted by Crippen LogP contribution is -2.29. The average molecular weight is 468 g/mol. The zero-order valence-corrected chi connectivity index (χ0v) is 19.0. The van der Waals surface area contributed by atoms with Gasteiger partial charge >= 0.3 is 0 Å².